The van der Waals surface area contributed by atoms with Gasteiger partial charge in [-0.15, -0.1) is 0 Å². The van der Waals surface area contributed by atoms with Gasteiger partial charge < -0.3 is 0 Å². The highest BCUT2D eigenvalue weighted by molar-refractivity contribution is 5.38. The molecule has 0 heteroatoms. The fraction of sp³-hybridized carbons (Fsp3) is 0.897. The van der Waals surface area contributed by atoms with Crippen LogP contribution in [0, 0.1) is 58.2 Å². The Bertz CT molecular complexity index is 732. The molecule has 39 heavy (non-hydrogen) atoms. The Kier molecular flexibility index (Phi) is 15.7. The molecule has 0 aromatic heterocycles. The maximum absolute atomic E-state index is 2.69. The Morgan fingerprint density at radius 3 is 1.90 bits per heavy atom. The van der Waals surface area contributed by atoms with E-state index < -0.39 is 0 Å². The number of hydrogen-bond acceptors (Lipinski definition) is 0. The van der Waals surface area contributed by atoms with Crippen molar-refractivity contribution >= 4 is 0 Å². The molecule has 0 amide bonds. The van der Waals surface area contributed by atoms with Gasteiger partial charge in [0.25, 0.3) is 0 Å². The lowest BCUT2D eigenvalue weighted by atomic mass is 9.49. The zero-order valence-electron chi connectivity index (χ0n) is 29.6. The van der Waals surface area contributed by atoms with Crippen LogP contribution in [-0.4, -0.2) is 0 Å². The molecular weight excluding hydrogens is 468 g/mol. The maximum atomic E-state index is 2.69. The zero-order chi connectivity index (χ0) is 30.0. The summed E-state index contributed by atoms with van der Waals surface area (Å²) in [5, 5.41) is 0. The smallest absolute Gasteiger partial charge is 0.00474 e. The summed E-state index contributed by atoms with van der Waals surface area (Å²) in [7, 11) is 0. The van der Waals surface area contributed by atoms with Crippen LogP contribution in [0.3, 0.4) is 0 Å². The van der Waals surface area contributed by atoms with E-state index in [9.17, 15) is 0 Å². The standard InChI is InChI=1S/C28H46.C5H12.C4H10.C2H6/c1-19(2)8-7-9-21(4)24-12-13-25-23-11-10-22-18-20(3)14-16-27(22,5)26(23)15-17-28(24,25)6;1-4-5(2)3;1-4(2)3;1-2/h10-11,19-21,24-26H,7-9,12-18H2,1-6H3;5H,4H2,1-3H3;4H,1-3H3;1-2H3. The molecule has 0 spiro atoms. The highest BCUT2D eigenvalue weighted by atomic mass is 14.6. The van der Waals surface area contributed by atoms with E-state index in [1.165, 1.54) is 70.6 Å². The summed E-state index contributed by atoms with van der Waals surface area (Å²) in [6.07, 6.45) is 20.9. The van der Waals surface area contributed by atoms with Gasteiger partial charge in [0.15, 0.2) is 0 Å². The van der Waals surface area contributed by atoms with Crippen molar-refractivity contribution < 1.29 is 0 Å². The predicted molar refractivity (Wildman–Crippen MR) is 179 cm³/mol. The topological polar surface area (TPSA) is 0 Å². The number of allylic oxidation sites excluding steroid dienone is 4. The second-order valence-electron chi connectivity index (χ2n) is 15.8. The van der Waals surface area contributed by atoms with E-state index in [-0.39, 0.29) is 0 Å². The SMILES string of the molecule is CC.CC(C)C.CC(C)CCCC(C)C1CCC2C3=CC=C4CC(C)CCC4(C)C3CCC21C.CCC(C)C. The Morgan fingerprint density at radius 2 is 1.36 bits per heavy atom. The first kappa shape index (κ1) is 36.5. The van der Waals surface area contributed by atoms with Crippen molar-refractivity contribution in [3.63, 3.8) is 0 Å². The fourth-order valence-corrected chi connectivity index (χ4v) is 8.21. The molecule has 0 aliphatic heterocycles. The van der Waals surface area contributed by atoms with Crippen LogP contribution in [0.2, 0.25) is 0 Å². The molecule has 4 aliphatic carbocycles. The fourth-order valence-electron chi connectivity index (χ4n) is 8.21. The van der Waals surface area contributed by atoms with Crippen molar-refractivity contribution in [2.24, 2.45) is 58.2 Å². The summed E-state index contributed by atoms with van der Waals surface area (Å²) in [6, 6.07) is 0. The molecule has 230 valence electrons. The van der Waals surface area contributed by atoms with Crippen molar-refractivity contribution in [3.05, 3.63) is 23.3 Å². The van der Waals surface area contributed by atoms with Crippen LogP contribution in [0.5, 0.6) is 0 Å². The third kappa shape index (κ3) is 9.77. The second-order valence-corrected chi connectivity index (χ2v) is 15.8. The molecule has 0 saturated heterocycles. The molecule has 3 fully saturated rings. The second kappa shape index (κ2) is 16.8. The minimum atomic E-state index is 0.485. The van der Waals surface area contributed by atoms with Crippen LogP contribution in [-0.2, 0) is 0 Å². The molecule has 3 saturated carbocycles. The summed E-state index contributed by atoms with van der Waals surface area (Å²) >= 11 is 0. The van der Waals surface area contributed by atoms with Gasteiger partial charge in [-0.1, -0.05) is 146 Å². The molecular formula is C39H74. The molecule has 0 nitrogen and oxygen atoms in total. The minimum absolute atomic E-state index is 0.485. The summed E-state index contributed by atoms with van der Waals surface area (Å²) in [5.74, 6) is 7.07. The normalized spacial score (nSPS) is 33.7. The molecule has 0 bridgehead atoms. The van der Waals surface area contributed by atoms with Crippen LogP contribution in [0.4, 0.5) is 0 Å². The lowest BCUT2D eigenvalue weighted by molar-refractivity contribution is 0.0447. The van der Waals surface area contributed by atoms with E-state index in [4.69, 9.17) is 0 Å². The third-order valence-electron chi connectivity index (χ3n) is 10.8. The minimum Gasteiger partial charge on any atom is -0.0683 e. The quantitative estimate of drug-likeness (QED) is 0.313. The Labute approximate surface area is 248 Å². The summed E-state index contributed by atoms with van der Waals surface area (Å²) in [5.41, 5.74) is 4.73. The van der Waals surface area contributed by atoms with Crippen molar-refractivity contribution in [1.82, 2.24) is 0 Å². The Hall–Kier alpha value is -0.520. The summed E-state index contributed by atoms with van der Waals surface area (Å²) in [4.78, 5) is 0. The first-order valence-corrected chi connectivity index (χ1v) is 17.7. The van der Waals surface area contributed by atoms with Gasteiger partial charge in [0.1, 0.15) is 0 Å². The third-order valence-corrected chi connectivity index (χ3v) is 10.8. The highest BCUT2D eigenvalue weighted by Gasteiger charge is 2.56. The van der Waals surface area contributed by atoms with Gasteiger partial charge >= 0.3 is 0 Å². The largest absolute Gasteiger partial charge is 0.0683 e. The lowest BCUT2D eigenvalue weighted by Crippen LogP contribution is -2.46. The van der Waals surface area contributed by atoms with E-state index in [0.29, 0.717) is 10.8 Å². The van der Waals surface area contributed by atoms with E-state index in [1.807, 2.05) is 19.4 Å². The average molecular weight is 543 g/mol. The van der Waals surface area contributed by atoms with E-state index >= 15 is 0 Å². The van der Waals surface area contributed by atoms with Crippen LogP contribution in [0.25, 0.3) is 0 Å². The van der Waals surface area contributed by atoms with Gasteiger partial charge in [-0.2, -0.15) is 0 Å². The molecule has 0 aromatic carbocycles. The molecule has 0 radical (unpaired) electrons. The summed E-state index contributed by atoms with van der Waals surface area (Å²) in [6.45, 7) is 32.3. The lowest BCUT2D eigenvalue weighted by Gasteiger charge is -2.55. The summed E-state index contributed by atoms with van der Waals surface area (Å²) < 4.78 is 0. The predicted octanol–water partition coefficient (Wildman–Crippen LogP) is 13.3. The van der Waals surface area contributed by atoms with E-state index in [0.717, 1.165) is 47.3 Å². The monoisotopic (exact) mass is 543 g/mol. The molecule has 4 aliphatic rings. The van der Waals surface area contributed by atoms with E-state index in [2.05, 4.69) is 95.2 Å². The van der Waals surface area contributed by atoms with Crippen molar-refractivity contribution in [1.29, 1.82) is 0 Å². The van der Waals surface area contributed by atoms with Crippen LogP contribution >= 0.6 is 0 Å². The van der Waals surface area contributed by atoms with Gasteiger partial charge in [-0.05, 0) is 103 Å². The highest BCUT2D eigenvalue weighted by Crippen LogP contribution is 2.66. The number of hydrogen-bond donors (Lipinski definition) is 0. The van der Waals surface area contributed by atoms with E-state index in [1.54, 1.807) is 5.57 Å². The van der Waals surface area contributed by atoms with Crippen molar-refractivity contribution in [3.8, 4) is 0 Å². The molecule has 7 atom stereocenters. The molecule has 0 heterocycles. The first-order chi connectivity index (χ1) is 18.3. The molecule has 4 rings (SSSR count). The number of fused-ring (bicyclic) bond motifs is 5. The maximum Gasteiger partial charge on any atom is -0.00474 e. The Balaban J connectivity index is 0.000000594. The van der Waals surface area contributed by atoms with Gasteiger partial charge in [0, 0.05) is 0 Å². The first-order valence-electron chi connectivity index (χ1n) is 17.7. The molecule has 0 N–H and O–H groups in total. The van der Waals surface area contributed by atoms with Crippen LogP contribution in [0.15, 0.2) is 23.3 Å². The molecule has 7 unspecified atom stereocenters. The van der Waals surface area contributed by atoms with Crippen molar-refractivity contribution in [2.75, 3.05) is 0 Å². The van der Waals surface area contributed by atoms with Gasteiger partial charge in [-0.3, -0.25) is 0 Å². The van der Waals surface area contributed by atoms with Crippen molar-refractivity contribution in [2.45, 2.75) is 168 Å². The van der Waals surface area contributed by atoms with Gasteiger partial charge in [0.05, 0.1) is 0 Å². The Morgan fingerprint density at radius 1 is 0.769 bits per heavy atom. The molecule has 0 aromatic rings. The van der Waals surface area contributed by atoms with Gasteiger partial charge in [-0.25, -0.2) is 0 Å². The number of rotatable bonds is 6. The van der Waals surface area contributed by atoms with Crippen LogP contribution < -0.4 is 0 Å². The van der Waals surface area contributed by atoms with Crippen LogP contribution in [0.1, 0.15) is 168 Å². The van der Waals surface area contributed by atoms with Gasteiger partial charge in [0.2, 0.25) is 0 Å². The zero-order valence-corrected chi connectivity index (χ0v) is 29.6. The average Bonchev–Trinajstić information content (AvgIpc) is 3.23.